The zero-order valence-corrected chi connectivity index (χ0v) is 12.4. The number of likely N-dealkylation sites (tertiary alicyclic amines) is 1. The molecule has 1 saturated carbocycles. The predicted molar refractivity (Wildman–Crippen MR) is 74.8 cm³/mol. The first kappa shape index (κ1) is 15.0. The van der Waals surface area contributed by atoms with E-state index < -0.39 is 6.04 Å². The van der Waals surface area contributed by atoms with Gasteiger partial charge in [0, 0.05) is 19.5 Å². The van der Waals surface area contributed by atoms with Gasteiger partial charge in [0.1, 0.15) is 6.04 Å². The highest BCUT2D eigenvalue weighted by molar-refractivity contribution is 6.06. The van der Waals surface area contributed by atoms with Crippen LogP contribution in [0.4, 0.5) is 0 Å². The minimum Gasteiger partial charge on any atom is -0.330 e. The van der Waals surface area contributed by atoms with Crippen LogP contribution < -0.4 is 0 Å². The van der Waals surface area contributed by atoms with E-state index in [1.807, 2.05) is 6.92 Å². The molecule has 0 spiro atoms. The summed E-state index contributed by atoms with van der Waals surface area (Å²) < 4.78 is 0. The van der Waals surface area contributed by atoms with Crippen molar-refractivity contribution in [2.45, 2.75) is 57.9 Å². The molecule has 5 nitrogen and oxygen atoms in total. The molecule has 2 rings (SSSR count). The highest BCUT2D eigenvalue weighted by Gasteiger charge is 2.42. The molecule has 0 radical (unpaired) electrons. The van der Waals surface area contributed by atoms with Crippen molar-refractivity contribution in [3.8, 4) is 0 Å². The fourth-order valence-corrected chi connectivity index (χ4v) is 3.22. The van der Waals surface area contributed by atoms with Crippen LogP contribution in [0.15, 0.2) is 0 Å². The molecule has 112 valence electrons. The molecular formula is C15H24N2O3. The molecule has 1 aliphatic carbocycles. The normalized spacial score (nSPS) is 24.3. The van der Waals surface area contributed by atoms with Gasteiger partial charge in [-0.25, -0.2) is 0 Å². The standard InChI is InChI=1S/C15H24N2O3/c1-3-9-17(12-10-13(18)16(2)15(12)20)14(19)11-7-5-4-6-8-11/h11-12H,3-10H2,1-2H3. The first-order valence-corrected chi connectivity index (χ1v) is 7.67. The fourth-order valence-electron chi connectivity index (χ4n) is 3.22. The molecule has 20 heavy (non-hydrogen) atoms. The van der Waals surface area contributed by atoms with E-state index in [9.17, 15) is 14.4 Å². The molecule has 0 N–H and O–H groups in total. The molecule has 3 amide bonds. The van der Waals surface area contributed by atoms with Gasteiger partial charge in [-0.1, -0.05) is 26.2 Å². The summed E-state index contributed by atoms with van der Waals surface area (Å²) in [4.78, 5) is 39.3. The van der Waals surface area contributed by atoms with E-state index in [4.69, 9.17) is 0 Å². The lowest BCUT2D eigenvalue weighted by atomic mass is 9.88. The van der Waals surface area contributed by atoms with Crippen LogP contribution in [0.1, 0.15) is 51.9 Å². The number of rotatable bonds is 4. The van der Waals surface area contributed by atoms with Crippen molar-refractivity contribution in [3.05, 3.63) is 0 Å². The maximum atomic E-state index is 12.7. The molecule has 1 unspecified atom stereocenters. The number of carbonyl (C=O) groups is 3. The summed E-state index contributed by atoms with van der Waals surface area (Å²) in [5.74, 6) is -0.290. The third-order valence-electron chi connectivity index (χ3n) is 4.44. The minimum atomic E-state index is -0.568. The second-order valence-corrected chi connectivity index (χ2v) is 5.88. The lowest BCUT2D eigenvalue weighted by Gasteiger charge is -2.32. The van der Waals surface area contributed by atoms with Crippen LogP contribution in [0.25, 0.3) is 0 Å². The van der Waals surface area contributed by atoms with Crippen LogP contribution >= 0.6 is 0 Å². The Bertz CT molecular complexity index is 402. The van der Waals surface area contributed by atoms with Crippen molar-refractivity contribution in [1.29, 1.82) is 0 Å². The molecule has 5 heteroatoms. The van der Waals surface area contributed by atoms with Crippen LogP contribution in [-0.4, -0.2) is 47.2 Å². The van der Waals surface area contributed by atoms with Gasteiger partial charge in [0.05, 0.1) is 6.42 Å². The summed E-state index contributed by atoms with van der Waals surface area (Å²) >= 11 is 0. The molecular weight excluding hydrogens is 256 g/mol. The summed E-state index contributed by atoms with van der Waals surface area (Å²) in [6, 6.07) is -0.568. The molecule has 1 saturated heterocycles. The number of amides is 3. The lowest BCUT2D eigenvalue weighted by Crippen LogP contribution is -2.47. The van der Waals surface area contributed by atoms with Crippen molar-refractivity contribution >= 4 is 17.7 Å². The molecule has 2 aliphatic rings. The van der Waals surface area contributed by atoms with Crippen molar-refractivity contribution in [2.75, 3.05) is 13.6 Å². The van der Waals surface area contributed by atoms with Crippen molar-refractivity contribution < 1.29 is 14.4 Å². The van der Waals surface area contributed by atoms with Crippen molar-refractivity contribution in [3.63, 3.8) is 0 Å². The summed E-state index contributed by atoms with van der Waals surface area (Å²) in [7, 11) is 1.50. The van der Waals surface area contributed by atoms with Gasteiger partial charge >= 0.3 is 0 Å². The zero-order chi connectivity index (χ0) is 14.7. The maximum absolute atomic E-state index is 12.7. The van der Waals surface area contributed by atoms with Gasteiger partial charge in [0.2, 0.25) is 11.8 Å². The van der Waals surface area contributed by atoms with Gasteiger partial charge in [-0.3, -0.25) is 19.3 Å². The van der Waals surface area contributed by atoms with Gasteiger partial charge in [0.15, 0.2) is 0 Å². The van der Waals surface area contributed by atoms with Crippen LogP contribution in [0.2, 0.25) is 0 Å². The average molecular weight is 280 g/mol. The molecule has 1 aliphatic heterocycles. The Morgan fingerprint density at radius 1 is 1.25 bits per heavy atom. The van der Waals surface area contributed by atoms with E-state index in [2.05, 4.69) is 0 Å². The van der Waals surface area contributed by atoms with Gasteiger partial charge in [-0.15, -0.1) is 0 Å². The topological polar surface area (TPSA) is 57.7 Å². The molecule has 0 bridgehead atoms. The van der Waals surface area contributed by atoms with Gasteiger partial charge < -0.3 is 4.90 Å². The smallest absolute Gasteiger partial charge is 0.252 e. The minimum absolute atomic E-state index is 0.0455. The summed E-state index contributed by atoms with van der Waals surface area (Å²) in [6.45, 7) is 2.55. The van der Waals surface area contributed by atoms with Crippen molar-refractivity contribution in [1.82, 2.24) is 9.80 Å². The predicted octanol–water partition coefficient (Wildman–Crippen LogP) is 1.56. The summed E-state index contributed by atoms with van der Waals surface area (Å²) in [5.41, 5.74) is 0. The number of likely N-dealkylation sites (N-methyl/N-ethyl adjacent to an activating group) is 1. The lowest BCUT2D eigenvalue weighted by molar-refractivity contribution is -0.146. The van der Waals surface area contributed by atoms with Gasteiger partial charge in [-0.2, -0.15) is 0 Å². The number of hydrogen-bond donors (Lipinski definition) is 0. The van der Waals surface area contributed by atoms with Crippen LogP contribution in [0.3, 0.4) is 0 Å². The Kier molecular flexibility index (Phi) is 4.78. The number of carbonyl (C=O) groups excluding carboxylic acids is 3. The monoisotopic (exact) mass is 280 g/mol. The number of nitrogens with zero attached hydrogens (tertiary/aromatic N) is 2. The molecule has 0 aromatic heterocycles. The molecule has 1 heterocycles. The van der Waals surface area contributed by atoms with Gasteiger partial charge in [0.25, 0.3) is 5.91 Å². The van der Waals surface area contributed by atoms with E-state index in [0.29, 0.717) is 6.54 Å². The largest absolute Gasteiger partial charge is 0.330 e. The highest BCUT2D eigenvalue weighted by atomic mass is 16.2. The molecule has 0 aromatic carbocycles. The van der Waals surface area contributed by atoms with E-state index in [1.165, 1.54) is 13.5 Å². The third-order valence-corrected chi connectivity index (χ3v) is 4.44. The Labute approximate surface area is 120 Å². The quantitative estimate of drug-likeness (QED) is 0.734. The summed E-state index contributed by atoms with van der Waals surface area (Å²) in [5, 5.41) is 0. The van der Waals surface area contributed by atoms with Gasteiger partial charge in [-0.05, 0) is 19.3 Å². The van der Waals surface area contributed by atoms with E-state index in [-0.39, 0.29) is 30.1 Å². The van der Waals surface area contributed by atoms with Crippen LogP contribution in [0.5, 0.6) is 0 Å². The van der Waals surface area contributed by atoms with E-state index >= 15 is 0 Å². The van der Waals surface area contributed by atoms with Crippen molar-refractivity contribution in [2.24, 2.45) is 5.92 Å². The third kappa shape index (κ3) is 2.86. The summed E-state index contributed by atoms with van der Waals surface area (Å²) in [6.07, 6.45) is 6.17. The SMILES string of the molecule is CCCN(C(=O)C1CCCCC1)C1CC(=O)N(C)C1=O. The van der Waals surface area contributed by atoms with E-state index in [0.717, 1.165) is 37.0 Å². The Balaban J connectivity index is 2.12. The second kappa shape index (κ2) is 6.37. The Morgan fingerprint density at radius 3 is 2.40 bits per heavy atom. The Hall–Kier alpha value is -1.39. The van der Waals surface area contributed by atoms with Crippen LogP contribution in [0, 0.1) is 5.92 Å². The maximum Gasteiger partial charge on any atom is 0.252 e. The van der Waals surface area contributed by atoms with Crippen LogP contribution in [-0.2, 0) is 14.4 Å². The molecule has 0 aromatic rings. The Morgan fingerprint density at radius 2 is 1.90 bits per heavy atom. The van der Waals surface area contributed by atoms with E-state index in [1.54, 1.807) is 4.90 Å². The second-order valence-electron chi connectivity index (χ2n) is 5.88. The average Bonchev–Trinajstić information content (AvgIpc) is 2.72. The highest BCUT2D eigenvalue weighted by Crippen LogP contribution is 2.28. The fraction of sp³-hybridized carbons (Fsp3) is 0.800. The first-order valence-electron chi connectivity index (χ1n) is 7.67. The molecule has 2 fully saturated rings. The zero-order valence-electron chi connectivity index (χ0n) is 12.4. The number of imide groups is 1. The number of hydrogen-bond acceptors (Lipinski definition) is 3. The molecule has 1 atom stereocenters. The first-order chi connectivity index (χ1) is 9.56.